The third-order valence-corrected chi connectivity index (χ3v) is 11.8. The standard InChI is InChI=1S/C47H69N9O16/c57-38(11-2-1-6-16-48-39(58)28-53-18-20-54(29-41(61)62)22-24-56(31-43(65)66)25-23-55(21-19-53)30-42(63)64)50-37(27-32-12-13-33-8-3-4-9-34(33)26-32)44(67)49-17-7-5-10-35(45(68)69)51-47(72)52-36(46(70)71)14-15-40(59)60/h3-4,8-9,12-13,26,35-37H,1-2,5-7,10-11,14-25,27-31H2,(H,48,58)(H,49,67)(H,50,57)(H,59,60)(H,61,62)(H,63,64)(H,65,66)(H,68,69)(H,70,71)(H2,51,52,72)/t35-,36-,37-/m0/s1. The summed E-state index contributed by atoms with van der Waals surface area (Å²) >= 11 is 0. The Kier molecular flexibility index (Phi) is 26.5. The van der Waals surface area contributed by atoms with Gasteiger partial charge in [-0.15, -0.1) is 0 Å². The van der Waals surface area contributed by atoms with Gasteiger partial charge in [0.15, 0.2) is 0 Å². The molecule has 3 rings (SSSR count). The van der Waals surface area contributed by atoms with Crippen molar-refractivity contribution in [3.8, 4) is 0 Å². The van der Waals surface area contributed by atoms with Crippen LogP contribution < -0.4 is 26.6 Å². The van der Waals surface area contributed by atoms with E-state index in [2.05, 4.69) is 26.6 Å². The Bertz CT molecular complexity index is 2130. The molecule has 25 heteroatoms. The average molecular weight is 1020 g/mol. The summed E-state index contributed by atoms with van der Waals surface area (Å²) in [5.41, 5.74) is 0.791. The van der Waals surface area contributed by atoms with E-state index < -0.39 is 78.7 Å². The fourth-order valence-corrected chi connectivity index (χ4v) is 7.89. The van der Waals surface area contributed by atoms with Crippen molar-refractivity contribution >= 4 is 70.3 Å². The molecule has 11 N–H and O–H groups in total. The van der Waals surface area contributed by atoms with E-state index in [9.17, 15) is 73.5 Å². The number of aliphatic carboxylic acids is 6. The maximum absolute atomic E-state index is 13.5. The number of carboxylic acids is 6. The normalized spacial score (nSPS) is 15.6. The fraction of sp³-hybridized carbons (Fsp3) is 0.574. The summed E-state index contributed by atoms with van der Waals surface area (Å²) in [5.74, 6) is -8.46. The second kappa shape index (κ2) is 32.1. The van der Waals surface area contributed by atoms with Gasteiger partial charge in [-0.3, -0.25) is 53.2 Å². The molecular weight excluding hydrogens is 947 g/mol. The molecule has 72 heavy (non-hydrogen) atoms. The molecule has 0 radical (unpaired) electrons. The van der Waals surface area contributed by atoms with Gasteiger partial charge in [0.05, 0.1) is 26.2 Å². The molecule has 2 aromatic carbocycles. The Labute approximate surface area is 416 Å². The van der Waals surface area contributed by atoms with Crippen LogP contribution in [0.25, 0.3) is 10.8 Å². The first-order valence-corrected chi connectivity index (χ1v) is 23.9. The molecule has 0 saturated carbocycles. The molecule has 1 aliphatic rings. The number of carboxylic acid groups (broad SMARTS) is 6. The van der Waals surface area contributed by atoms with E-state index in [4.69, 9.17) is 5.11 Å². The van der Waals surface area contributed by atoms with Crippen LogP contribution in [-0.4, -0.2) is 220 Å². The van der Waals surface area contributed by atoms with Crippen LogP contribution in [0.4, 0.5) is 4.79 Å². The summed E-state index contributed by atoms with van der Waals surface area (Å²) in [6, 6.07) is 8.34. The van der Waals surface area contributed by atoms with Gasteiger partial charge in [-0.1, -0.05) is 48.9 Å². The third kappa shape index (κ3) is 24.7. The van der Waals surface area contributed by atoms with E-state index in [1.807, 2.05) is 47.4 Å². The molecule has 25 nitrogen and oxygen atoms in total. The minimum atomic E-state index is -1.55. The lowest BCUT2D eigenvalue weighted by Crippen LogP contribution is -2.51. The lowest BCUT2D eigenvalue weighted by molar-refractivity contribution is -0.141. The molecule has 0 aromatic heterocycles. The summed E-state index contributed by atoms with van der Waals surface area (Å²) in [7, 11) is 0. The van der Waals surface area contributed by atoms with Gasteiger partial charge in [0.1, 0.15) is 18.1 Å². The number of rotatable bonds is 30. The van der Waals surface area contributed by atoms with Crippen LogP contribution in [0.1, 0.15) is 63.4 Å². The second-order valence-electron chi connectivity index (χ2n) is 17.6. The predicted octanol–water partition coefficient (Wildman–Crippen LogP) is -0.624. The zero-order valence-corrected chi connectivity index (χ0v) is 40.3. The molecule has 1 aliphatic heterocycles. The molecule has 0 aliphatic carbocycles. The minimum Gasteiger partial charge on any atom is -0.481 e. The first kappa shape index (κ1) is 59.3. The summed E-state index contributed by atoms with van der Waals surface area (Å²) in [6.45, 7) is 1.63. The van der Waals surface area contributed by atoms with Crippen LogP contribution in [0.3, 0.4) is 0 Å². The van der Waals surface area contributed by atoms with Gasteiger partial charge >= 0.3 is 41.8 Å². The zero-order valence-electron chi connectivity index (χ0n) is 40.3. The maximum atomic E-state index is 13.5. The Morgan fingerprint density at radius 2 is 0.944 bits per heavy atom. The largest absolute Gasteiger partial charge is 0.481 e. The summed E-state index contributed by atoms with van der Waals surface area (Å²) in [4.78, 5) is 128. The van der Waals surface area contributed by atoms with Crippen LogP contribution in [0, 0.1) is 0 Å². The van der Waals surface area contributed by atoms with Crippen LogP contribution in [0.5, 0.6) is 0 Å². The predicted molar refractivity (Wildman–Crippen MR) is 258 cm³/mol. The van der Waals surface area contributed by atoms with Crippen LogP contribution >= 0.6 is 0 Å². The van der Waals surface area contributed by atoms with Crippen molar-refractivity contribution in [3.63, 3.8) is 0 Å². The Morgan fingerprint density at radius 3 is 1.46 bits per heavy atom. The van der Waals surface area contributed by atoms with Crippen molar-refractivity contribution in [2.24, 2.45) is 0 Å². The van der Waals surface area contributed by atoms with Crippen molar-refractivity contribution in [3.05, 3.63) is 48.0 Å². The SMILES string of the molecule is O=C(O)CC[C@H](NC(=O)N[C@@H](CCCCNC(=O)[C@H](Cc1ccc2ccccc2c1)NC(=O)CCCCCNC(=O)CN1CCN(CC(=O)O)CCN(CC(=O)O)CCN(CC(=O)O)CC1)C(=O)O)C(=O)O. The van der Waals surface area contributed by atoms with Gasteiger partial charge in [-0.2, -0.15) is 0 Å². The molecule has 1 saturated heterocycles. The number of benzene rings is 2. The Hall–Kier alpha value is -6.96. The van der Waals surface area contributed by atoms with Crippen molar-refractivity contribution in [2.45, 2.75) is 82.3 Å². The molecule has 0 unspecified atom stereocenters. The monoisotopic (exact) mass is 1020 g/mol. The number of carbonyl (C=O) groups excluding carboxylic acids is 4. The summed E-state index contributed by atoms with van der Waals surface area (Å²) < 4.78 is 0. The summed E-state index contributed by atoms with van der Waals surface area (Å²) in [5, 5.41) is 70.8. The molecule has 1 heterocycles. The van der Waals surface area contributed by atoms with Crippen molar-refractivity contribution in [2.75, 3.05) is 91.6 Å². The zero-order chi connectivity index (χ0) is 53.0. The highest BCUT2D eigenvalue weighted by Crippen LogP contribution is 2.17. The van der Waals surface area contributed by atoms with Gasteiger partial charge in [-0.05, 0) is 54.9 Å². The summed E-state index contributed by atoms with van der Waals surface area (Å²) in [6.07, 6.45) is 1.27. The van der Waals surface area contributed by atoms with Crippen molar-refractivity contribution in [1.29, 1.82) is 0 Å². The van der Waals surface area contributed by atoms with Gasteiger partial charge in [0, 0.05) is 84.7 Å². The van der Waals surface area contributed by atoms with Gasteiger partial charge in [-0.25, -0.2) is 14.4 Å². The highest BCUT2D eigenvalue weighted by atomic mass is 16.4. The number of nitrogens with one attached hydrogen (secondary N) is 5. The molecule has 5 amide bonds. The highest BCUT2D eigenvalue weighted by molar-refractivity contribution is 5.89. The van der Waals surface area contributed by atoms with E-state index >= 15 is 0 Å². The molecule has 0 bridgehead atoms. The molecule has 3 atom stereocenters. The topological polar surface area (TPSA) is 365 Å². The molecule has 0 spiro atoms. The first-order chi connectivity index (χ1) is 34.3. The Morgan fingerprint density at radius 1 is 0.458 bits per heavy atom. The lowest BCUT2D eigenvalue weighted by atomic mass is 10.0. The van der Waals surface area contributed by atoms with Crippen LogP contribution in [-0.2, 0) is 49.6 Å². The van der Waals surface area contributed by atoms with Gasteiger partial charge in [0.2, 0.25) is 17.7 Å². The number of hydrogen-bond acceptors (Lipinski definition) is 14. The first-order valence-electron chi connectivity index (χ1n) is 23.9. The smallest absolute Gasteiger partial charge is 0.326 e. The van der Waals surface area contributed by atoms with Crippen LogP contribution in [0.15, 0.2) is 42.5 Å². The number of hydrogen-bond donors (Lipinski definition) is 11. The van der Waals surface area contributed by atoms with E-state index in [0.29, 0.717) is 38.9 Å². The number of amides is 5. The number of fused-ring (bicyclic) bond motifs is 1. The fourth-order valence-electron chi connectivity index (χ4n) is 7.89. The van der Waals surface area contributed by atoms with E-state index in [1.54, 1.807) is 14.7 Å². The molecule has 398 valence electrons. The lowest BCUT2D eigenvalue weighted by Gasteiger charge is -2.32. The van der Waals surface area contributed by atoms with Crippen molar-refractivity contribution < 1.29 is 78.6 Å². The minimum absolute atomic E-state index is 0.0375. The van der Waals surface area contributed by atoms with E-state index in [-0.39, 0.29) is 116 Å². The molecule has 2 aromatic rings. The number of nitrogens with zero attached hydrogens (tertiary/aromatic N) is 4. The average Bonchev–Trinajstić information content (AvgIpc) is 3.30. The van der Waals surface area contributed by atoms with E-state index in [1.165, 1.54) is 0 Å². The van der Waals surface area contributed by atoms with Gasteiger partial charge in [0.25, 0.3) is 0 Å². The second-order valence-corrected chi connectivity index (χ2v) is 17.6. The van der Waals surface area contributed by atoms with Crippen molar-refractivity contribution in [1.82, 2.24) is 46.2 Å². The van der Waals surface area contributed by atoms with E-state index in [0.717, 1.165) is 16.3 Å². The maximum Gasteiger partial charge on any atom is 0.326 e. The van der Waals surface area contributed by atoms with Gasteiger partial charge < -0.3 is 57.2 Å². The number of urea groups is 1. The quantitative estimate of drug-likeness (QED) is 0.0434. The Balaban J connectivity index is 1.51. The molecular formula is C47H69N9O16. The number of carbonyl (C=O) groups is 10. The third-order valence-electron chi connectivity index (χ3n) is 11.8. The number of unbranched alkanes of at least 4 members (excludes halogenated alkanes) is 3. The van der Waals surface area contributed by atoms with Crippen LogP contribution in [0.2, 0.25) is 0 Å². The highest BCUT2D eigenvalue weighted by Gasteiger charge is 2.26. The molecule has 1 fully saturated rings.